The van der Waals surface area contributed by atoms with Crippen LogP contribution in [0.4, 0.5) is 0 Å². The molecule has 2 saturated heterocycles. The van der Waals surface area contributed by atoms with Gasteiger partial charge in [-0.1, -0.05) is 11.6 Å². The van der Waals surface area contributed by atoms with Gasteiger partial charge in [0.25, 0.3) is 0 Å². The monoisotopic (exact) mass is 405 g/mol. The molecular formula is C21H28ClN3O3. The molecule has 7 heteroatoms. The van der Waals surface area contributed by atoms with Crippen LogP contribution in [0.1, 0.15) is 24.8 Å². The number of amides is 2. The van der Waals surface area contributed by atoms with Gasteiger partial charge in [0, 0.05) is 55.9 Å². The van der Waals surface area contributed by atoms with Crippen molar-refractivity contribution in [2.75, 3.05) is 52.9 Å². The quantitative estimate of drug-likeness (QED) is 0.706. The third kappa shape index (κ3) is 5.49. The van der Waals surface area contributed by atoms with Crippen LogP contribution in [0.15, 0.2) is 24.3 Å². The Bertz CT molecular complexity index is 724. The van der Waals surface area contributed by atoms with Crippen LogP contribution in [0.25, 0.3) is 6.08 Å². The number of carbonyl (C=O) groups excluding carboxylic acids is 2. The second-order valence-corrected chi connectivity index (χ2v) is 7.70. The fourth-order valence-electron chi connectivity index (χ4n) is 3.66. The molecule has 1 aromatic rings. The molecule has 3 rings (SSSR count). The number of ether oxygens (including phenoxy) is 1. The Morgan fingerprint density at radius 1 is 1.04 bits per heavy atom. The molecule has 0 saturated carbocycles. The molecule has 0 N–H and O–H groups in total. The fourth-order valence-corrected chi connectivity index (χ4v) is 3.84. The molecule has 0 unspecified atom stereocenters. The van der Waals surface area contributed by atoms with Gasteiger partial charge in [0.1, 0.15) is 5.75 Å². The number of rotatable bonds is 5. The number of hydrogen-bond acceptors (Lipinski definition) is 4. The lowest BCUT2D eigenvalue weighted by atomic mass is 10.1. The lowest BCUT2D eigenvalue weighted by molar-refractivity contribution is -0.134. The molecule has 0 aliphatic carbocycles. The van der Waals surface area contributed by atoms with Crippen LogP contribution in [-0.2, 0) is 9.59 Å². The highest BCUT2D eigenvalue weighted by Gasteiger charge is 2.24. The maximum atomic E-state index is 12.5. The molecule has 28 heavy (non-hydrogen) atoms. The van der Waals surface area contributed by atoms with Crippen molar-refractivity contribution in [3.63, 3.8) is 0 Å². The predicted octanol–water partition coefficient (Wildman–Crippen LogP) is 2.52. The van der Waals surface area contributed by atoms with Crippen LogP contribution in [0.5, 0.6) is 5.75 Å². The Balaban J connectivity index is 1.48. The topological polar surface area (TPSA) is 53.1 Å². The van der Waals surface area contributed by atoms with Crippen molar-refractivity contribution in [1.29, 1.82) is 0 Å². The van der Waals surface area contributed by atoms with Gasteiger partial charge in [-0.3, -0.25) is 14.5 Å². The van der Waals surface area contributed by atoms with Gasteiger partial charge in [-0.15, -0.1) is 0 Å². The average Bonchev–Trinajstić information content (AvgIpc) is 2.73. The third-order valence-electron chi connectivity index (χ3n) is 5.35. The van der Waals surface area contributed by atoms with Crippen molar-refractivity contribution in [2.24, 2.45) is 0 Å². The number of nitrogens with zero attached hydrogens (tertiary/aromatic N) is 3. The molecular weight excluding hydrogens is 378 g/mol. The van der Waals surface area contributed by atoms with Crippen molar-refractivity contribution < 1.29 is 14.3 Å². The van der Waals surface area contributed by atoms with E-state index in [1.54, 1.807) is 37.5 Å². The van der Waals surface area contributed by atoms with Crippen LogP contribution >= 0.6 is 11.6 Å². The van der Waals surface area contributed by atoms with Crippen molar-refractivity contribution in [3.05, 3.63) is 34.9 Å². The zero-order valence-electron chi connectivity index (χ0n) is 16.4. The number of likely N-dealkylation sites (tertiary alicyclic amines) is 1. The first kappa shape index (κ1) is 20.7. The van der Waals surface area contributed by atoms with Crippen molar-refractivity contribution in [3.8, 4) is 5.75 Å². The van der Waals surface area contributed by atoms with Gasteiger partial charge < -0.3 is 14.5 Å². The minimum Gasteiger partial charge on any atom is -0.496 e. The van der Waals surface area contributed by atoms with Gasteiger partial charge in [-0.05, 0) is 43.5 Å². The highest BCUT2D eigenvalue weighted by atomic mass is 35.5. The third-order valence-corrected chi connectivity index (χ3v) is 5.58. The molecule has 0 bridgehead atoms. The SMILES string of the molecule is COc1ccc(Cl)cc1/C=C/C(=O)N1CCN(CC(=O)N2CCCCC2)CC1. The molecule has 2 aliphatic heterocycles. The zero-order chi connectivity index (χ0) is 19.9. The van der Waals surface area contributed by atoms with Gasteiger partial charge in [-0.25, -0.2) is 0 Å². The summed E-state index contributed by atoms with van der Waals surface area (Å²) in [5, 5.41) is 0.597. The minimum absolute atomic E-state index is 0.0379. The van der Waals surface area contributed by atoms with Crippen molar-refractivity contribution >= 4 is 29.5 Å². The summed E-state index contributed by atoms with van der Waals surface area (Å²) in [7, 11) is 1.59. The lowest BCUT2D eigenvalue weighted by Gasteiger charge is -2.35. The zero-order valence-corrected chi connectivity index (χ0v) is 17.2. The standard InChI is InChI=1S/C21H28ClN3O3/c1-28-19-7-6-18(22)15-17(19)5-8-20(26)25-13-11-23(12-14-25)16-21(27)24-9-3-2-4-10-24/h5-8,15H,2-4,9-14,16H2,1H3/b8-5+. The fraction of sp³-hybridized carbons (Fsp3) is 0.524. The van der Waals surface area contributed by atoms with Gasteiger partial charge in [-0.2, -0.15) is 0 Å². The van der Waals surface area contributed by atoms with Gasteiger partial charge in [0.15, 0.2) is 0 Å². The lowest BCUT2D eigenvalue weighted by Crippen LogP contribution is -2.51. The van der Waals surface area contributed by atoms with E-state index in [4.69, 9.17) is 16.3 Å². The van der Waals surface area contributed by atoms with E-state index in [0.29, 0.717) is 30.4 Å². The second kappa shape index (κ2) is 9.94. The Hall–Kier alpha value is -2.05. The molecule has 0 aromatic heterocycles. The van der Waals surface area contributed by atoms with Crippen molar-refractivity contribution in [1.82, 2.24) is 14.7 Å². The van der Waals surface area contributed by atoms with E-state index in [-0.39, 0.29) is 11.8 Å². The highest BCUT2D eigenvalue weighted by molar-refractivity contribution is 6.30. The van der Waals surface area contributed by atoms with E-state index in [1.807, 2.05) is 9.80 Å². The summed E-state index contributed by atoms with van der Waals surface area (Å²) in [6.07, 6.45) is 6.73. The molecule has 6 nitrogen and oxygen atoms in total. The molecule has 152 valence electrons. The van der Waals surface area contributed by atoms with Gasteiger partial charge in [0.2, 0.25) is 11.8 Å². The average molecular weight is 406 g/mol. The van der Waals surface area contributed by atoms with E-state index in [0.717, 1.165) is 44.6 Å². The van der Waals surface area contributed by atoms with Crippen LogP contribution in [0.2, 0.25) is 5.02 Å². The van der Waals surface area contributed by atoms with E-state index >= 15 is 0 Å². The number of hydrogen-bond donors (Lipinski definition) is 0. The van der Waals surface area contributed by atoms with Crippen LogP contribution in [0, 0.1) is 0 Å². The molecule has 2 fully saturated rings. The predicted molar refractivity (Wildman–Crippen MR) is 110 cm³/mol. The largest absolute Gasteiger partial charge is 0.496 e. The number of piperazine rings is 1. The van der Waals surface area contributed by atoms with E-state index < -0.39 is 0 Å². The first-order chi connectivity index (χ1) is 13.6. The Morgan fingerprint density at radius 2 is 1.75 bits per heavy atom. The number of benzene rings is 1. The number of halogens is 1. The summed E-state index contributed by atoms with van der Waals surface area (Å²) in [5.74, 6) is 0.853. The Labute approximate surface area is 171 Å². The number of methoxy groups -OCH3 is 1. The molecule has 0 atom stereocenters. The van der Waals surface area contributed by atoms with E-state index in [9.17, 15) is 9.59 Å². The van der Waals surface area contributed by atoms with Gasteiger partial charge >= 0.3 is 0 Å². The second-order valence-electron chi connectivity index (χ2n) is 7.26. The molecule has 2 amide bonds. The summed E-state index contributed by atoms with van der Waals surface area (Å²) in [6.45, 7) is 4.92. The molecule has 0 spiro atoms. The Morgan fingerprint density at radius 3 is 2.43 bits per heavy atom. The maximum absolute atomic E-state index is 12.5. The van der Waals surface area contributed by atoms with Crippen LogP contribution in [0.3, 0.4) is 0 Å². The molecule has 0 radical (unpaired) electrons. The smallest absolute Gasteiger partial charge is 0.246 e. The highest BCUT2D eigenvalue weighted by Crippen LogP contribution is 2.24. The summed E-state index contributed by atoms with van der Waals surface area (Å²) < 4.78 is 5.30. The Kier molecular flexibility index (Phi) is 7.34. The number of piperidine rings is 1. The first-order valence-electron chi connectivity index (χ1n) is 9.87. The summed E-state index contributed by atoms with van der Waals surface area (Å²) >= 11 is 6.03. The first-order valence-corrected chi connectivity index (χ1v) is 10.3. The summed E-state index contributed by atoms with van der Waals surface area (Å²) in [5.41, 5.74) is 0.772. The molecule has 1 aromatic carbocycles. The summed E-state index contributed by atoms with van der Waals surface area (Å²) in [6, 6.07) is 5.31. The van der Waals surface area contributed by atoms with E-state index in [1.165, 1.54) is 6.42 Å². The normalized spacial score (nSPS) is 18.5. The van der Waals surface area contributed by atoms with Gasteiger partial charge in [0.05, 0.1) is 13.7 Å². The molecule has 2 aliphatic rings. The van der Waals surface area contributed by atoms with E-state index in [2.05, 4.69) is 4.90 Å². The summed E-state index contributed by atoms with van der Waals surface area (Å²) in [4.78, 5) is 30.8. The maximum Gasteiger partial charge on any atom is 0.246 e. The van der Waals surface area contributed by atoms with Crippen LogP contribution in [-0.4, -0.2) is 79.4 Å². The van der Waals surface area contributed by atoms with Crippen molar-refractivity contribution in [2.45, 2.75) is 19.3 Å². The molecule has 2 heterocycles. The van der Waals surface area contributed by atoms with Crippen LogP contribution < -0.4 is 4.74 Å². The number of carbonyl (C=O) groups is 2. The minimum atomic E-state index is -0.0379.